The fraction of sp³-hybridized carbons (Fsp3) is 0.438. The van der Waals surface area contributed by atoms with Crippen molar-refractivity contribution in [3.63, 3.8) is 0 Å². The van der Waals surface area contributed by atoms with Crippen LogP contribution in [-0.4, -0.2) is 11.8 Å². The number of anilines is 1. The Balaban J connectivity index is 2.53. The molecule has 20 heavy (non-hydrogen) atoms. The number of nitrogens with two attached hydrogens (primary N) is 1. The van der Waals surface area contributed by atoms with Gasteiger partial charge < -0.3 is 15.0 Å². The molecule has 108 valence electrons. The minimum atomic E-state index is 0.106. The third-order valence-electron chi connectivity index (χ3n) is 3.75. The van der Waals surface area contributed by atoms with E-state index in [4.69, 9.17) is 15.0 Å². The maximum Gasteiger partial charge on any atom is 0.222 e. The number of hydrogen-bond donors (Lipinski definition) is 1. The Labute approximate surface area is 119 Å². The zero-order valence-corrected chi connectivity index (χ0v) is 12.6. The molecular weight excluding hydrogens is 252 g/mol. The molecule has 0 amide bonds. The fourth-order valence-corrected chi connectivity index (χ4v) is 2.05. The van der Waals surface area contributed by atoms with E-state index in [2.05, 4.69) is 38.1 Å². The average molecular weight is 274 g/mol. The molecule has 2 N–H and O–H groups in total. The van der Waals surface area contributed by atoms with Gasteiger partial charge in [0.05, 0.1) is 6.61 Å². The Morgan fingerprint density at radius 1 is 1.25 bits per heavy atom. The summed E-state index contributed by atoms with van der Waals surface area (Å²) in [5, 5.41) is 4.00. The van der Waals surface area contributed by atoms with Gasteiger partial charge in [-0.2, -0.15) is 0 Å². The second-order valence-corrected chi connectivity index (χ2v) is 5.50. The molecule has 0 radical (unpaired) electrons. The van der Waals surface area contributed by atoms with Gasteiger partial charge in [0.25, 0.3) is 0 Å². The van der Waals surface area contributed by atoms with Gasteiger partial charge in [-0.1, -0.05) is 32.0 Å². The molecule has 1 aromatic carbocycles. The molecule has 0 aliphatic rings. The van der Waals surface area contributed by atoms with Crippen LogP contribution in [0.1, 0.15) is 39.7 Å². The van der Waals surface area contributed by atoms with E-state index in [1.54, 1.807) is 6.07 Å². The van der Waals surface area contributed by atoms with Crippen LogP contribution in [0.25, 0.3) is 11.3 Å². The standard InChI is InChI=1S/C16H22N2O2/c1-5-16(3,4)11-7-8-14(19-6-2)12(9-11)13-10-15(17)20-18-13/h7-10H,5-6,17H2,1-4H3. The molecule has 0 spiro atoms. The van der Waals surface area contributed by atoms with Gasteiger partial charge >= 0.3 is 0 Å². The van der Waals surface area contributed by atoms with Crippen LogP contribution in [-0.2, 0) is 5.41 Å². The summed E-state index contributed by atoms with van der Waals surface area (Å²) in [6.07, 6.45) is 1.06. The van der Waals surface area contributed by atoms with Gasteiger partial charge in [-0.05, 0) is 36.5 Å². The van der Waals surface area contributed by atoms with Crippen molar-refractivity contribution in [1.82, 2.24) is 5.16 Å². The van der Waals surface area contributed by atoms with Crippen LogP contribution in [0.4, 0.5) is 5.88 Å². The molecule has 1 heterocycles. The maximum absolute atomic E-state index is 5.68. The van der Waals surface area contributed by atoms with E-state index in [0.717, 1.165) is 17.7 Å². The molecular formula is C16H22N2O2. The third kappa shape index (κ3) is 2.79. The highest BCUT2D eigenvalue weighted by Crippen LogP contribution is 2.36. The van der Waals surface area contributed by atoms with Crippen molar-refractivity contribution in [2.75, 3.05) is 12.3 Å². The number of aromatic nitrogens is 1. The van der Waals surface area contributed by atoms with E-state index in [0.29, 0.717) is 18.2 Å². The van der Waals surface area contributed by atoms with Gasteiger partial charge in [0.15, 0.2) is 0 Å². The first-order chi connectivity index (χ1) is 9.47. The van der Waals surface area contributed by atoms with Crippen molar-refractivity contribution in [3.8, 4) is 17.0 Å². The van der Waals surface area contributed by atoms with Crippen LogP contribution >= 0.6 is 0 Å². The van der Waals surface area contributed by atoms with Crippen molar-refractivity contribution >= 4 is 5.88 Å². The summed E-state index contributed by atoms with van der Waals surface area (Å²) in [6.45, 7) is 9.21. The average Bonchev–Trinajstić information content (AvgIpc) is 2.86. The van der Waals surface area contributed by atoms with Crippen LogP contribution in [0.15, 0.2) is 28.8 Å². The SMILES string of the molecule is CCOc1ccc(C(C)(C)CC)cc1-c1cc(N)on1. The van der Waals surface area contributed by atoms with Crippen LogP contribution < -0.4 is 10.5 Å². The smallest absolute Gasteiger partial charge is 0.222 e. The number of benzene rings is 1. The van der Waals surface area contributed by atoms with Crippen LogP contribution in [0, 0.1) is 0 Å². The molecule has 4 heteroatoms. The summed E-state index contributed by atoms with van der Waals surface area (Å²) in [4.78, 5) is 0. The molecule has 2 aromatic rings. The lowest BCUT2D eigenvalue weighted by Gasteiger charge is -2.24. The lowest BCUT2D eigenvalue weighted by molar-refractivity contribution is 0.340. The molecule has 0 bridgehead atoms. The lowest BCUT2D eigenvalue weighted by Crippen LogP contribution is -2.15. The van der Waals surface area contributed by atoms with Gasteiger partial charge in [-0.15, -0.1) is 0 Å². The molecule has 0 aliphatic heterocycles. The van der Waals surface area contributed by atoms with E-state index in [-0.39, 0.29) is 5.41 Å². The van der Waals surface area contributed by atoms with Crippen molar-refractivity contribution in [2.45, 2.75) is 39.5 Å². The zero-order chi connectivity index (χ0) is 14.8. The highest BCUT2D eigenvalue weighted by molar-refractivity contribution is 5.69. The summed E-state index contributed by atoms with van der Waals surface area (Å²) in [5.74, 6) is 1.11. The fourth-order valence-electron chi connectivity index (χ4n) is 2.05. The second-order valence-electron chi connectivity index (χ2n) is 5.50. The quantitative estimate of drug-likeness (QED) is 0.894. The first kappa shape index (κ1) is 14.4. The van der Waals surface area contributed by atoms with Gasteiger partial charge in [-0.3, -0.25) is 0 Å². The van der Waals surface area contributed by atoms with Crippen molar-refractivity contribution < 1.29 is 9.26 Å². The molecule has 4 nitrogen and oxygen atoms in total. The van der Waals surface area contributed by atoms with Gasteiger partial charge in [0, 0.05) is 11.6 Å². The normalized spacial score (nSPS) is 11.6. The number of ether oxygens (including phenoxy) is 1. The lowest BCUT2D eigenvalue weighted by atomic mass is 9.81. The largest absolute Gasteiger partial charge is 0.493 e. The Morgan fingerprint density at radius 3 is 2.55 bits per heavy atom. The van der Waals surface area contributed by atoms with E-state index in [1.165, 1.54) is 5.56 Å². The highest BCUT2D eigenvalue weighted by Gasteiger charge is 2.21. The Kier molecular flexibility index (Phi) is 4.02. The number of nitrogen functional groups attached to an aromatic ring is 1. The van der Waals surface area contributed by atoms with E-state index in [9.17, 15) is 0 Å². The second kappa shape index (κ2) is 5.57. The molecule has 2 rings (SSSR count). The summed E-state index contributed by atoms with van der Waals surface area (Å²) >= 11 is 0. The minimum absolute atomic E-state index is 0.106. The molecule has 0 aliphatic carbocycles. The molecule has 1 aromatic heterocycles. The highest BCUT2D eigenvalue weighted by atomic mass is 16.5. The maximum atomic E-state index is 5.68. The van der Waals surface area contributed by atoms with E-state index in [1.807, 2.05) is 13.0 Å². The topological polar surface area (TPSA) is 61.3 Å². The van der Waals surface area contributed by atoms with Crippen LogP contribution in [0.5, 0.6) is 5.75 Å². The predicted molar refractivity (Wildman–Crippen MR) is 80.8 cm³/mol. The van der Waals surface area contributed by atoms with E-state index >= 15 is 0 Å². The molecule has 0 saturated carbocycles. The summed E-state index contributed by atoms with van der Waals surface area (Å²) in [6, 6.07) is 7.95. The Hall–Kier alpha value is -1.97. The molecule has 0 fully saturated rings. The first-order valence-electron chi connectivity index (χ1n) is 6.97. The molecule has 0 unspecified atom stereocenters. The van der Waals surface area contributed by atoms with Crippen molar-refractivity contribution in [3.05, 3.63) is 29.8 Å². The predicted octanol–water partition coefficient (Wildman–Crippen LogP) is 4.01. The van der Waals surface area contributed by atoms with Crippen LogP contribution in [0.2, 0.25) is 0 Å². The van der Waals surface area contributed by atoms with Crippen LogP contribution in [0.3, 0.4) is 0 Å². The van der Waals surface area contributed by atoms with Crippen molar-refractivity contribution in [1.29, 1.82) is 0 Å². The summed E-state index contributed by atoms with van der Waals surface area (Å²) in [7, 11) is 0. The number of nitrogens with zero attached hydrogens (tertiary/aromatic N) is 1. The first-order valence-corrected chi connectivity index (χ1v) is 6.97. The van der Waals surface area contributed by atoms with E-state index < -0.39 is 0 Å². The van der Waals surface area contributed by atoms with Gasteiger partial charge in [0.1, 0.15) is 11.4 Å². The number of rotatable bonds is 5. The summed E-state index contributed by atoms with van der Waals surface area (Å²) < 4.78 is 10.7. The monoisotopic (exact) mass is 274 g/mol. The van der Waals surface area contributed by atoms with Crippen molar-refractivity contribution in [2.24, 2.45) is 0 Å². The van der Waals surface area contributed by atoms with Gasteiger partial charge in [-0.25, -0.2) is 0 Å². The molecule has 0 saturated heterocycles. The zero-order valence-electron chi connectivity index (χ0n) is 12.6. The molecule has 0 atom stereocenters. The summed E-state index contributed by atoms with van der Waals surface area (Å²) in [5.41, 5.74) is 8.61. The third-order valence-corrected chi connectivity index (χ3v) is 3.75. The number of hydrogen-bond acceptors (Lipinski definition) is 4. The van der Waals surface area contributed by atoms with Gasteiger partial charge in [0.2, 0.25) is 5.88 Å². The minimum Gasteiger partial charge on any atom is -0.493 e. The Morgan fingerprint density at radius 2 is 2.00 bits per heavy atom. The Bertz CT molecular complexity index is 588.